The summed E-state index contributed by atoms with van der Waals surface area (Å²) in [6.07, 6.45) is 7.79. The molecule has 3 aromatic rings. The molecule has 1 saturated carbocycles. The summed E-state index contributed by atoms with van der Waals surface area (Å²) >= 11 is 12.3. The molecule has 0 amide bonds. The number of aromatic amines is 1. The van der Waals surface area contributed by atoms with Crippen LogP contribution in [0, 0.1) is 5.95 Å². The highest BCUT2D eigenvalue weighted by Crippen LogP contribution is 2.52. The number of hydrogen-bond acceptors (Lipinski definition) is 2. The van der Waals surface area contributed by atoms with Gasteiger partial charge in [-0.3, -0.25) is 0 Å². The van der Waals surface area contributed by atoms with E-state index in [0.717, 1.165) is 43.4 Å². The van der Waals surface area contributed by atoms with Gasteiger partial charge in [-0.2, -0.15) is 9.37 Å². The Morgan fingerprint density at radius 2 is 1.77 bits per heavy atom. The molecule has 4 rings (SSSR count). The van der Waals surface area contributed by atoms with Crippen molar-refractivity contribution in [2.24, 2.45) is 0 Å². The third kappa shape index (κ3) is 3.86. The zero-order valence-electron chi connectivity index (χ0n) is 14.4. The Labute approximate surface area is 162 Å². The van der Waals surface area contributed by atoms with Gasteiger partial charge in [-0.15, -0.1) is 0 Å². The number of hydrogen-bond donors (Lipinski definition) is 1. The van der Waals surface area contributed by atoms with Crippen LogP contribution in [0.3, 0.4) is 0 Å². The van der Waals surface area contributed by atoms with Crippen molar-refractivity contribution < 1.29 is 4.39 Å². The molecule has 3 nitrogen and oxygen atoms in total. The van der Waals surface area contributed by atoms with E-state index in [1.165, 1.54) is 24.5 Å². The van der Waals surface area contributed by atoms with Gasteiger partial charge in [0.25, 0.3) is 0 Å². The smallest absolute Gasteiger partial charge is 0.215 e. The number of nitrogens with zero attached hydrogens (tertiary/aromatic N) is 2. The monoisotopic (exact) mass is 391 g/mol. The van der Waals surface area contributed by atoms with Gasteiger partial charge in [-0.05, 0) is 67.0 Å². The van der Waals surface area contributed by atoms with Crippen molar-refractivity contribution in [1.29, 1.82) is 0 Å². The molecule has 1 aliphatic carbocycles. The Morgan fingerprint density at radius 3 is 2.50 bits per heavy atom. The van der Waals surface area contributed by atoms with Crippen LogP contribution in [0.1, 0.15) is 49.9 Å². The van der Waals surface area contributed by atoms with Gasteiger partial charge in [0.15, 0.2) is 5.65 Å². The average Bonchev–Trinajstić information content (AvgIpc) is 3.27. The first-order valence-electron chi connectivity index (χ1n) is 9.02. The van der Waals surface area contributed by atoms with Crippen LogP contribution in [0.4, 0.5) is 4.39 Å². The van der Waals surface area contributed by atoms with Crippen molar-refractivity contribution in [2.75, 3.05) is 0 Å². The van der Waals surface area contributed by atoms with E-state index in [1.54, 1.807) is 12.1 Å². The molecular formula is C20H20Cl2FN3. The quantitative estimate of drug-likeness (QED) is 0.382. The molecule has 0 atom stereocenters. The first kappa shape index (κ1) is 17.7. The normalized spacial score (nSPS) is 15.5. The van der Waals surface area contributed by atoms with E-state index in [0.29, 0.717) is 15.7 Å². The third-order valence-electron chi connectivity index (χ3n) is 5.26. The molecule has 1 fully saturated rings. The molecular weight excluding hydrogens is 372 g/mol. The Kier molecular flexibility index (Phi) is 4.89. The molecule has 0 unspecified atom stereocenters. The van der Waals surface area contributed by atoms with Gasteiger partial charge in [0.05, 0.1) is 5.52 Å². The van der Waals surface area contributed by atoms with Crippen LogP contribution in [0.25, 0.3) is 11.2 Å². The number of halogens is 3. The molecule has 1 N–H and O–H groups in total. The summed E-state index contributed by atoms with van der Waals surface area (Å²) in [6, 6.07) is 8.93. The third-order valence-corrected chi connectivity index (χ3v) is 5.69. The number of fused-ring (bicyclic) bond motifs is 1. The summed E-state index contributed by atoms with van der Waals surface area (Å²) in [7, 11) is 0. The minimum absolute atomic E-state index is 0.273. The van der Waals surface area contributed by atoms with Gasteiger partial charge in [-0.25, -0.2) is 4.98 Å². The summed E-state index contributed by atoms with van der Waals surface area (Å²) in [5, 5.41) is 1.43. The van der Waals surface area contributed by atoms with Gasteiger partial charge in [0.2, 0.25) is 5.95 Å². The van der Waals surface area contributed by atoms with Crippen LogP contribution in [0.15, 0.2) is 30.3 Å². The van der Waals surface area contributed by atoms with Crippen molar-refractivity contribution in [3.8, 4) is 0 Å². The van der Waals surface area contributed by atoms with Gasteiger partial charge in [0.1, 0.15) is 5.82 Å². The van der Waals surface area contributed by atoms with Crippen molar-refractivity contribution in [2.45, 2.75) is 50.4 Å². The Balaban J connectivity index is 1.28. The summed E-state index contributed by atoms with van der Waals surface area (Å²) in [4.78, 5) is 11.4. The molecule has 1 aromatic carbocycles. The van der Waals surface area contributed by atoms with Gasteiger partial charge in [-0.1, -0.05) is 36.0 Å². The number of unbranched alkanes of at least 4 members (excludes halogenated alkanes) is 2. The van der Waals surface area contributed by atoms with E-state index in [2.05, 4.69) is 27.1 Å². The van der Waals surface area contributed by atoms with Gasteiger partial charge >= 0.3 is 0 Å². The molecule has 0 aliphatic heterocycles. The van der Waals surface area contributed by atoms with Gasteiger partial charge < -0.3 is 4.98 Å². The topological polar surface area (TPSA) is 41.6 Å². The van der Waals surface area contributed by atoms with Crippen LogP contribution < -0.4 is 0 Å². The Bertz CT molecular complexity index is 914. The lowest BCUT2D eigenvalue weighted by molar-refractivity contribution is 0.545. The molecule has 0 spiro atoms. The minimum Gasteiger partial charge on any atom is -0.341 e. The lowest BCUT2D eigenvalue weighted by Gasteiger charge is -2.16. The molecule has 0 bridgehead atoms. The molecule has 1 aliphatic rings. The SMILES string of the molecule is Fc1ccc2[nH]c(CCCCCC3(c4cc(Cl)cc(Cl)c4)CC3)nc2n1. The number of rotatable bonds is 7. The van der Waals surface area contributed by atoms with E-state index in [9.17, 15) is 4.39 Å². The zero-order valence-corrected chi connectivity index (χ0v) is 15.9. The number of pyridine rings is 1. The zero-order chi connectivity index (χ0) is 18.1. The van der Waals surface area contributed by atoms with E-state index in [4.69, 9.17) is 23.2 Å². The second kappa shape index (κ2) is 7.16. The fourth-order valence-corrected chi connectivity index (χ4v) is 4.19. The largest absolute Gasteiger partial charge is 0.341 e. The molecule has 26 heavy (non-hydrogen) atoms. The highest BCUT2D eigenvalue weighted by Gasteiger charge is 2.43. The summed E-state index contributed by atoms with van der Waals surface area (Å²) in [5.74, 6) is 0.382. The van der Waals surface area contributed by atoms with E-state index in [1.807, 2.05) is 0 Å². The first-order chi connectivity index (χ1) is 12.5. The number of aryl methyl sites for hydroxylation is 1. The number of aromatic nitrogens is 3. The Morgan fingerprint density at radius 1 is 1.00 bits per heavy atom. The summed E-state index contributed by atoms with van der Waals surface area (Å²) < 4.78 is 13.1. The van der Waals surface area contributed by atoms with E-state index in [-0.39, 0.29) is 5.41 Å². The molecule has 0 saturated heterocycles. The molecule has 2 heterocycles. The van der Waals surface area contributed by atoms with Crippen molar-refractivity contribution in [1.82, 2.24) is 15.0 Å². The lowest BCUT2D eigenvalue weighted by atomic mass is 9.90. The van der Waals surface area contributed by atoms with Gasteiger partial charge in [0, 0.05) is 16.5 Å². The number of H-pyrrole nitrogens is 1. The first-order valence-corrected chi connectivity index (χ1v) is 9.77. The van der Waals surface area contributed by atoms with E-state index >= 15 is 0 Å². The van der Waals surface area contributed by atoms with Crippen LogP contribution in [0.2, 0.25) is 10.0 Å². The molecule has 0 radical (unpaired) electrons. The lowest BCUT2D eigenvalue weighted by Crippen LogP contribution is -2.06. The predicted molar refractivity (Wildman–Crippen MR) is 103 cm³/mol. The predicted octanol–water partition coefficient (Wildman–Crippen LogP) is 6.24. The van der Waals surface area contributed by atoms with Crippen LogP contribution in [-0.2, 0) is 11.8 Å². The highest BCUT2D eigenvalue weighted by atomic mass is 35.5. The number of nitrogens with one attached hydrogen (secondary N) is 1. The standard InChI is InChI=1S/C20H20Cl2FN3/c21-14-10-13(11-15(22)12-14)20(8-9-20)7-3-1-2-4-18-24-16-5-6-17(23)25-19(16)26-18/h5-6,10-12H,1-4,7-9H2,(H,24,25,26). The maximum Gasteiger partial charge on any atom is 0.215 e. The number of imidazole rings is 1. The maximum absolute atomic E-state index is 13.1. The van der Waals surface area contributed by atoms with Crippen LogP contribution in [0.5, 0.6) is 0 Å². The highest BCUT2D eigenvalue weighted by molar-refractivity contribution is 6.34. The Hall–Kier alpha value is -1.65. The fourth-order valence-electron chi connectivity index (χ4n) is 3.66. The van der Waals surface area contributed by atoms with Crippen LogP contribution in [-0.4, -0.2) is 15.0 Å². The number of benzene rings is 1. The summed E-state index contributed by atoms with van der Waals surface area (Å²) in [6.45, 7) is 0. The van der Waals surface area contributed by atoms with Crippen molar-refractivity contribution in [3.05, 3.63) is 57.7 Å². The van der Waals surface area contributed by atoms with Crippen molar-refractivity contribution >= 4 is 34.4 Å². The second-order valence-corrected chi connectivity index (χ2v) is 8.06. The fraction of sp³-hybridized carbons (Fsp3) is 0.400. The minimum atomic E-state index is -0.494. The molecule has 2 aromatic heterocycles. The molecule has 6 heteroatoms. The van der Waals surface area contributed by atoms with Crippen LogP contribution >= 0.6 is 23.2 Å². The van der Waals surface area contributed by atoms with E-state index < -0.39 is 5.95 Å². The second-order valence-electron chi connectivity index (χ2n) is 7.19. The van der Waals surface area contributed by atoms with Crippen molar-refractivity contribution in [3.63, 3.8) is 0 Å². The average molecular weight is 392 g/mol. The summed E-state index contributed by atoms with van der Waals surface area (Å²) in [5.41, 5.74) is 2.79. The molecule has 136 valence electrons. The maximum atomic E-state index is 13.1.